The maximum absolute atomic E-state index is 3.73. The summed E-state index contributed by atoms with van der Waals surface area (Å²) in [7, 11) is 0. The Morgan fingerprint density at radius 1 is 1.17 bits per heavy atom. The van der Waals surface area contributed by atoms with Gasteiger partial charge in [-0.2, -0.15) is 0 Å². The van der Waals surface area contributed by atoms with E-state index in [2.05, 4.69) is 29.0 Å². The van der Waals surface area contributed by atoms with Crippen LogP contribution in [0.15, 0.2) is 0 Å². The molecule has 0 amide bonds. The molecule has 3 atom stereocenters. The van der Waals surface area contributed by atoms with Gasteiger partial charge in [0, 0.05) is 37.8 Å². The number of hydrogen-bond donors (Lipinski definition) is 1. The Morgan fingerprint density at radius 3 is 2.56 bits per heavy atom. The van der Waals surface area contributed by atoms with E-state index in [-0.39, 0.29) is 0 Å². The van der Waals surface area contributed by atoms with Crippen LogP contribution in [0, 0.1) is 5.92 Å². The SMILES string of the molecule is CCCC1CN(C2CN3CCC2CC3)C(C)CN1. The zero-order chi connectivity index (χ0) is 12.5. The van der Waals surface area contributed by atoms with Gasteiger partial charge in [-0.15, -0.1) is 0 Å². The monoisotopic (exact) mass is 251 g/mol. The fraction of sp³-hybridized carbons (Fsp3) is 1.00. The topological polar surface area (TPSA) is 18.5 Å². The van der Waals surface area contributed by atoms with Gasteiger partial charge in [0.25, 0.3) is 0 Å². The number of nitrogens with one attached hydrogen (secondary N) is 1. The second-order valence-corrected chi connectivity index (χ2v) is 6.65. The van der Waals surface area contributed by atoms with Crippen LogP contribution in [0.3, 0.4) is 0 Å². The molecule has 4 aliphatic heterocycles. The van der Waals surface area contributed by atoms with Crippen LogP contribution in [0.1, 0.15) is 39.5 Å². The van der Waals surface area contributed by atoms with Gasteiger partial charge in [-0.05, 0) is 45.2 Å². The van der Waals surface area contributed by atoms with Crippen LogP contribution in [-0.2, 0) is 0 Å². The average molecular weight is 251 g/mol. The van der Waals surface area contributed by atoms with E-state index in [1.54, 1.807) is 0 Å². The van der Waals surface area contributed by atoms with Crippen molar-refractivity contribution in [2.75, 3.05) is 32.7 Å². The first-order valence-corrected chi connectivity index (χ1v) is 7.99. The van der Waals surface area contributed by atoms with Crippen LogP contribution in [-0.4, -0.2) is 60.6 Å². The summed E-state index contributed by atoms with van der Waals surface area (Å²) >= 11 is 0. The molecule has 0 aromatic carbocycles. The van der Waals surface area contributed by atoms with E-state index >= 15 is 0 Å². The van der Waals surface area contributed by atoms with Gasteiger partial charge in [-0.25, -0.2) is 0 Å². The van der Waals surface area contributed by atoms with Gasteiger partial charge >= 0.3 is 0 Å². The second kappa shape index (κ2) is 5.48. The largest absolute Gasteiger partial charge is 0.311 e. The van der Waals surface area contributed by atoms with Gasteiger partial charge in [-0.1, -0.05) is 13.3 Å². The third kappa shape index (κ3) is 2.45. The lowest BCUT2D eigenvalue weighted by Crippen LogP contribution is -2.65. The van der Waals surface area contributed by atoms with Crippen LogP contribution in [0.25, 0.3) is 0 Å². The van der Waals surface area contributed by atoms with Gasteiger partial charge in [0.15, 0.2) is 0 Å². The molecule has 0 aromatic heterocycles. The molecule has 0 saturated carbocycles. The van der Waals surface area contributed by atoms with Crippen molar-refractivity contribution in [2.45, 2.75) is 57.7 Å². The van der Waals surface area contributed by atoms with Crippen LogP contribution >= 0.6 is 0 Å². The van der Waals surface area contributed by atoms with Gasteiger partial charge < -0.3 is 10.2 Å². The van der Waals surface area contributed by atoms with Crippen molar-refractivity contribution in [3.8, 4) is 0 Å². The molecular formula is C15H29N3. The van der Waals surface area contributed by atoms with Gasteiger partial charge in [-0.3, -0.25) is 4.90 Å². The number of piperidine rings is 3. The van der Waals surface area contributed by atoms with Gasteiger partial charge in [0.05, 0.1) is 0 Å². The molecule has 4 fully saturated rings. The number of piperazine rings is 1. The summed E-state index contributed by atoms with van der Waals surface area (Å²) in [5, 5.41) is 3.73. The van der Waals surface area contributed by atoms with E-state index in [1.807, 2.05) is 0 Å². The third-order valence-electron chi connectivity index (χ3n) is 5.38. The summed E-state index contributed by atoms with van der Waals surface area (Å²) < 4.78 is 0. The molecule has 2 bridgehead atoms. The Labute approximate surface area is 112 Å². The number of hydrogen-bond acceptors (Lipinski definition) is 3. The minimum absolute atomic E-state index is 0.726. The average Bonchev–Trinajstić information content (AvgIpc) is 2.42. The summed E-state index contributed by atoms with van der Waals surface area (Å²) in [6.45, 7) is 11.2. The fourth-order valence-electron chi connectivity index (χ4n) is 4.27. The number of fused-ring (bicyclic) bond motifs is 3. The molecule has 3 heteroatoms. The van der Waals surface area contributed by atoms with Gasteiger partial charge in [0.2, 0.25) is 0 Å². The van der Waals surface area contributed by atoms with Crippen LogP contribution in [0.5, 0.6) is 0 Å². The van der Waals surface area contributed by atoms with Crippen LogP contribution in [0.4, 0.5) is 0 Å². The smallest absolute Gasteiger partial charge is 0.0256 e. The molecule has 0 radical (unpaired) electrons. The first-order valence-electron chi connectivity index (χ1n) is 7.99. The summed E-state index contributed by atoms with van der Waals surface area (Å²) in [4.78, 5) is 5.53. The molecule has 1 N–H and O–H groups in total. The molecule has 4 heterocycles. The first kappa shape index (κ1) is 12.9. The maximum Gasteiger partial charge on any atom is 0.0256 e. The Morgan fingerprint density at radius 2 is 1.94 bits per heavy atom. The number of nitrogens with zero attached hydrogens (tertiary/aromatic N) is 2. The highest BCUT2D eigenvalue weighted by molar-refractivity contribution is 4.97. The highest BCUT2D eigenvalue weighted by Gasteiger charge is 2.40. The normalized spacial score (nSPS) is 45.3. The lowest BCUT2D eigenvalue weighted by molar-refractivity contribution is -0.0269. The molecule has 3 unspecified atom stereocenters. The van der Waals surface area contributed by atoms with E-state index in [1.165, 1.54) is 58.4 Å². The molecule has 104 valence electrons. The minimum Gasteiger partial charge on any atom is -0.311 e. The zero-order valence-corrected chi connectivity index (χ0v) is 12.1. The minimum atomic E-state index is 0.726. The van der Waals surface area contributed by atoms with E-state index in [0.717, 1.165) is 24.0 Å². The first-order chi connectivity index (χ1) is 8.78. The van der Waals surface area contributed by atoms with Crippen LogP contribution in [0.2, 0.25) is 0 Å². The molecule has 4 saturated heterocycles. The van der Waals surface area contributed by atoms with Crippen molar-refractivity contribution >= 4 is 0 Å². The maximum atomic E-state index is 3.73. The highest BCUT2D eigenvalue weighted by atomic mass is 15.3. The molecule has 3 nitrogen and oxygen atoms in total. The fourth-order valence-corrected chi connectivity index (χ4v) is 4.27. The van der Waals surface area contributed by atoms with Crippen molar-refractivity contribution < 1.29 is 0 Å². The molecule has 0 aromatic rings. The van der Waals surface area contributed by atoms with E-state index in [0.29, 0.717) is 0 Å². The molecule has 4 rings (SSSR count). The third-order valence-corrected chi connectivity index (χ3v) is 5.38. The summed E-state index contributed by atoms with van der Waals surface area (Å²) in [6.07, 6.45) is 5.53. The highest BCUT2D eigenvalue weighted by Crippen LogP contribution is 2.32. The molecule has 0 aliphatic carbocycles. The zero-order valence-electron chi connectivity index (χ0n) is 12.1. The van der Waals surface area contributed by atoms with Crippen molar-refractivity contribution in [3.05, 3.63) is 0 Å². The van der Waals surface area contributed by atoms with Gasteiger partial charge in [0.1, 0.15) is 0 Å². The number of rotatable bonds is 3. The predicted molar refractivity (Wildman–Crippen MR) is 75.8 cm³/mol. The standard InChI is InChI=1S/C15H29N3/c1-3-4-14-10-18(12(2)9-16-14)15-11-17-7-5-13(15)6-8-17/h12-16H,3-11H2,1-2H3. The van der Waals surface area contributed by atoms with Crippen molar-refractivity contribution in [3.63, 3.8) is 0 Å². The Balaban J connectivity index is 1.66. The van der Waals surface area contributed by atoms with E-state index in [9.17, 15) is 0 Å². The van der Waals surface area contributed by atoms with Crippen LogP contribution < -0.4 is 5.32 Å². The van der Waals surface area contributed by atoms with Crippen molar-refractivity contribution in [2.24, 2.45) is 5.92 Å². The Kier molecular flexibility index (Phi) is 3.92. The van der Waals surface area contributed by atoms with Crippen molar-refractivity contribution in [1.29, 1.82) is 0 Å². The summed E-state index contributed by atoms with van der Waals surface area (Å²) in [6, 6.07) is 2.31. The molecule has 18 heavy (non-hydrogen) atoms. The summed E-state index contributed by atoms with van der Waals surface area (Å²) in [5.41, 5.74) is 0. The van der Waals surface area contributed by atoms with Crippen molar-refractivity contribution in [1.82, 2.24) is 15.1 Å². The molecular weight excluding hydrogens is 222 g/mol. The molecule has 0 spiro atoms. The summed E-state index contributed by atoms with van der Waals surface area (Å²) in [5.74, 6) is 0.984. The lowest BCUT2D eigenvalue weighted by atomic mass is 9.82. The predicted octanol–water partition coefficient (Wildman–Crippen LogP) is 1.54. The second-order valence-electron chi connectivity index (χ2n) is 6.65. The van der Waals surface area contributed by atoms with E-state index in [4.69, 9.17) is 0 Å². The Bertz CT molecular complexity index is 273. The molecule has 4 aliphatic rings. The lowest BCUT2D eigenvalue weighted by Gasteiger charge is -2.53. The Hall–Kier alpha value is -0.120. The van der Waals surface area contributed by atoms with E-state index < -0.39 is 0 Å². The quantitative estimate of drug-likeness (QED) is 0.821.